The van der Waals surface area contributed by atoms with Crippen molar-refractivity contribution in [2.24, 2.45) is 0 Å². The molecule has 4 heterocycles. The molecule has 1 saturated heterocycles. The van der Waals surface area contributed by atoms with Crippen LogP contribution in [0, 0.1) is 6.92 Å². The molecule has 3 aromatic heterocycles. The molecule has 0 spiro atoms. The fraction of sp³-hybridized carbons (Fsp3) is 0.476. The number of nitrogens with zero attached hydrogens (tertiary/aromatic N) is 6. The molecule has 1 fully saturated rings. The average molecular weight is 479 g/mol. The van der Waals surface area contributed by atoms with Crippen LogP contribution in [-0.4, -0.2) is 74.9 Å². The van der Waals surface area contributed by atoms with Crippen molar-refractivity contribution in [3.8, 4) is 0 Å². The Labute approximate surface area is 192 Å². The number of halogens is 3. The van der Waals surface area contributed by atoms with Gasteiger partial charge < -0.3 is 19.1 Å². The van der Waals surface area contributed by atoms with Crippen LogP contribution in [-0.2, 0) is 22.3 Å². The summed E-state index contributed by atoms with van der Waals surface area (Å²) >= 11 is 0. The number of aromatic nitrogens is 5. The first-order valence-corrected chi connectivity index (χ1v) is 10.8. The fourth-order valence-electron chi connectivity index (χ4n) is 3.89. The second kappa shape index (κ2) is 9.79. The van der Waals surface area contributed by atoms with Crippen LogP contribution >= 0.6 is 0 Å². The lowest BCUT2D eigenvalue weighted by molar-refractivity contribution is -0.138. The van der Waals surface area contributed by atoms with Crippen LogP contribution in [0.25, 0.3) is 10.9 Å². The number of nitrogens with one attached hydrogen (secondary N) is 1. The summed E-state index contributed by atoms with van der Waals surface area (Å²) in [6, 6.07) is 1.80. The number of ether oxygens (including phenoxy) is 1. The van der Waals surface area contributed by atoms with Crippen molar-refractivity contribution in [1.29, 1.82) is 0 Å². The van der Waals surface area contributed by atoms with E-state index in [1.165, 1.54) is 0 Å². The minimum atomic E-state index is -4.48. The molecule has 1 aliphatic rings. The van der Waals surface area contributed by atoms with Gasteiger partial charge in [-0.3, -0.25) is 9.59 Å². The Kier molecular flexibility index (Phi) is 6.82. The number of hydrogen-bond donors (Lipinski definition) is 1. The van der Waals surface area contributed by atoms with E-state index in [2.05, 4.69) is 20.2 Å². The van der Waals surface area contributed by atoms with Crippen molar-refractivity contribution < 1.29 is 22.7 Å². The van der Waals surface area contributed by atoms with Crippen molar-refractivity contribution in [2.45, 2.75) is 26.1 Å². The number of amides is 1. The van der Waals surface area contributed by atoms with Gasteiger partial charge in [0.05, 0.1) is 42.3 Å². The molecule has 1 aliphatic heterocycles. The van der Waals surface area contributed by atoms with Crippen LogP contribution in [0.4, 0.5) is 19.1 Å². The highest BCUT2D eigenvalue weighted by Gasteiger charge is 2.32. The molecule has 0 unspecified atom stereocenters. The summed E-state index contributed by atoms with van der Waals surface area (Å²) in [7, 11) is 0. The lowest BCUT2D eigenvalue weighted by Gasteiger charge is -2.34. The quantitative estimate of drug-likeness (QED) is 0.513. The number of alkyl halides is 3. The van der Waals surface area contributed by atoms with E-state index in [1.54, 1.807) is 22.1 Å². The molecule has 4 rings (SSSR count). The summed E-state index contributed by atoms with van der Waals surface area (Å²) in [6.07, 6.45) is -1.11. The van der Waals surface area contributed by atoms with Gasteiger partial charge in [0.25, 0.3) is 5.56 Å². The van der Waals surface area contributed by atoms with Crippen LogP contribution in [0.1, 0.15) is 17.7 Å². The maximum absolute atomic E-state index is 12.7. The fourth-order valence-corrected chi connectivity index (χ4v) is 3.89. The van der Waals surface area contributed by atoms with Crippen LogP contribution in [0.5, 0.6) is 0 Å². The Balaban J connectivity index is 1.19. The number of carbonyl (C=O) groups is 1. The summed E-state index contributed by atoms with van der Waals surface area (Å²) in [6.45, 7) is 4.80. The number of hydrogen-bond acceptors (Lipinski definition) is 7. The third-order valence-electron chi connectivity index (χ3n) is 5.74. The van der Waals surface area contributed by atoms with E-state index in [4.69, 9.17) is 4.74 Å². The van der Waals surface area contributed by atoms with Crippen molar-refractivity contribution in [3.05, 3.63) is 46.3 Å². The molecule has 182 valence electrons. The maximum atomic E-state index is 12.7. The van der Waals surface area contributed by atoms with Gasteiger partial charge in [-0.1, -0.05) is 0 Å². The van der Waals surface area contributed by atoms with E-state index in [9.17, 15) is 22.8 Å². The van der Waals surface area contributed by atoms with Gasteiger partial charge in [0, 0.05) is 50.8 Å². The molecule has 34 heavy (non-hydrogen) atoms. The molecule has 0 saturated carbocycles. The number of carbonyl (C=O) groups excluding carboxylic acids is 1. The Hall–Kier alpha value is -3.48. The lowest BCUT2D eigenvalue weighted by atomic mass is 10.3. The number of piperazine rings is 1. The summed E-state index contributed by atoms with van der Waals surface area (Å²) in [5.74, 6) is 0.166. The molecule has 0 bridgehead atoms. The van der Waals surface area contributed by atoms with Crippen molar-refractivity contribution in [1.82, 2.24) is 29.6 Å². The standard InChI is InChI=1S/C21H24F3N7O3/c1-14-10-16-17(13-27-28-19(16)33)31(14)7-9-34-8-2-18(32)29-3-5-30(6-4-29)20-25-11-15(12-26-20)21(22,23)24/h10-13H,2-9H2,1H3,(H,28,33). The van der Waals surface area contributed by atoms with Gasteiger partial charge in [-0.2, -0.15) is 18.3 Å². The first-order chi connectivity index (χ1) is 16.2. The molecule has 0 aliphatic carbocycles. The van der Waals surface area contributed by atoms with Crippen LogP contribution in [0.3, 0.4) is 0 Å². The molecule has 0 atom stereocenters. The van der Waals surface area contributed by atoms with Gasteiger partial charge >= 0.3 is 6.18 Å². The van der Waals surface area contributed by atoms with E-state index in [-0.39, 0.29) is 30.4 Å². The zero-order valence-corrected chi connectivity index (χ0v) is 18.5. The minimum absolute atomic E-state index is 0.0497. The number of anilines is 1. The van der Waals surface area contributed by atoms with Crippen LogP contribution in [0.2, 0.25) is 0 Å². The number of rotatable bonds is 7. The summed E-state index contributed by atoms with van der Waals surface area (Å²) in [5, 5.41) is 6.82. The second-order valence-electron chi connectivity index (χ2n) is 7.94. The Morgan fingerprint density at radius 3 is 2.50 bits per heavy atom. The highest BCUT2D eigenvalue weighted by molar-refractivity contribution is 5.79. The SMILES string of the molecule is Cc1cc2c(=O)[nH]ncc2n1CCOCCC(=O)N1CCN(c2ncc(C(F)(F)F)cn2)CC1. The van der Waals surface area contributed by atoms with Crippen molar-refractivity contribution in [3.63, 3.8) is 0 Å². The van der Waals surface area contributed by atoms with Crippen molar-refractivity contribution >= 4 is 22.8 Å². The molecule has 10 nitrogen and oxygen atoms in total. The zero-order chi connectivity index (χ0) is 24.3. The predicted octanol–water partition coefficient (Wildman–Crippen LogP) is 1.60. The van der Waals surface area contributed by atoms with Gasteiger partial charge in [-0.05, 0) is 13.0 Å². The van der Waals surface area contributed by atoms with Crippen molar-refractivity contribution in [2.75, 3.05) is 44.3 Å². The van der Waals surface area contributed by atoms with Gasteiger partial charge in [0.15, 0.2) is 0 Å². The number of H-pyrrole nitrogens is 1. The molecule has 1 amide bonds. The van der Waals surface area contributed by atoms with Crippen LogP contribution < -0.4 is 10.5 Å². The number of aryl methyl sites for hydroxylation is 1. The first-order valence-electron chi connectivity index (χ1n) is 10.8. The van der Waals surface area contributed by atoms with Crippen LogP contribution in [0.15, 0.2) is 29.5 Å². The van der Waals surface area contributed by atoms with E-state index in [0.717, 1.165) is 23.6 Å². The highest BCUT2D eigenvalue weighted by atomic mass is 19.4. The normalized spacial score (nSPS) is 14.7. The minimum Gasteiger partial charge on any atom is -0.379 e. The Morgan fingerprint density at radius 1 is 1.12 bits per heavy atom. The van der Waals surface area contributed by atoms with Gasteiger partial charge in [-0.25, -0.2) is 15.1 Å². The van der Waals surface area contributed by atoms with E-state index < -0.39 is 11.7 Å². The second-order valence-corrected chi connectivity index (χ2v) is 7.94. The van der Waals surface area contributed by atoms with E-state index in [1.807, 2.05) is 11.5 Å². The molecular formula is C21H24F3N7O3. The predicted molar refractivity (Wildman–Crippen MR) is 116 cm³/mol. The third kappa shape index (κ3) is 5.19. The van der Waals surface area contributed by atoms with E-state index in [0.29, 0.717) is 44.7 Å². The van der Waals surface area contributed by atoms with Gasteiger partial charge in [0.1, 0.15) is 0 Å². The largest absolute Gasteiger partial charge is 0.419 e. The maximum Gasteiger partial charge on any atom is 0.419 e. The smallest absolute Gasteiger partial charge is 0.379 e. The first kappa shape index (κ1) is 23.7. The zero-order valence-electron chi connectivity index (χ0n) is 18.5. The number of fused-ring (bicyclic) bond motifs is 1. The van der Waals surface area contributed by atoms with Gasteiger partial charge in [-0.15, -0.1) is 0 Å². The summed E-state index contributed by atoms with van der Waals surface area (Å²) in [5.41, 5.74) is 0.519. The molecule has 1 N–H and O–H groups in total. The molecule has 3 aromatic rings. The Morgan fingerprint density at radius 2 is 1.82 bits per heavy atom. The Bertz CT molecular complexity index is 1200. The monoisotopic (exact) mass is 479 g/mol. The lowest BCUT2D eigenvalue weighted by Crippen LogP contribution is -2.49. The van der Waals surface area contributed by atoms with E-state index >= 15 is 0 Å². The molecule has 13 heteroatoms. The topological polar surface area (TPSA) is 109 Å². The number of aromatic amines is 1. The third-order valence-corrected chi connectivity index (χ3v) is 5.74. The molecule has 0 aromatic carbocycles. The average Bonchev–Trinajstić information content (AvgIpc) is 3.15. The molecular weight excluding hydrogens is 455 g/mol. The van der Waals surface area contributed by atoms with Gasteiger partial charge in [0.2, 0.25) is 11.9 Å². The molecule has 0 radical (unpaired) electrons. The summed E-state index contributed by atoms with van der Waals surface area (Å²) in [4.78, 5) is 35.4. The highest BCUT2D eigenvalue weighted by Crippen LogP contribution is 2.28. The summed E-state index contributed by atoms with van der Waals surface area (Å²) < 4.78 is 45.5.